The number of rotatable bonds is 0. The molecule has 0 saturated heterocycles. The molecule has 5 heteroatoms. The molecule has 2 aliphatic carbocycles. The molecule has 88 valence electrons. The number of halogens is 3. The van der Waals surface area contributed by atoms with E-state index in [1.54, 1.807) is 0 Å². The van der Waals surface area contributed by atoms with Crippen molar-refractivity contribution in [3.63, 3.8) is 0 Å². The molecule has 1 fully saturated rings. The molecule has 16 heavy (non-hydrogen) atoms. The normalized spacial score (nSPS) is 31.1. The Morgan fingerprint density at radius 3 is 2.44 bits per heavy atom. The quantitative estimate of drug-likeness (QED) is 0.643. The van der Waals surface area contributed by atoms with Crippen LogP contribution in [0.5, 0.6) is 0 Å². The van der Waals surface area contributed by atoms with Gasteiger partial charge in [-0.25, -0.2) is 0 Å². The summed E-state index contributed by atoms with van der Waals surface area (Å²) in [5.41, 5.74) is -2.37. The first-order valence-electron chi connectivity index (χ1n) is 5.22. The van der Waals surface area contributed by atoms with Crippen molar-refractivity contribution < 1.29 is 22.8 Å². The van der Waals surface area contributed by atoms with Crippen LogP contribution in [0.2, 0.25) is 0 Å². The van der Waals surface area contributed by atoms with Crippen molar-refractivity contribution >= 4 is 11.6 Å². The molecular weight excluding hydrogens is 221 g/mol. The van der Waals surface area contributed by atoms with E-state index < -0.39 is 23.8 Å². The van der Waals surface area contributed by atoms with Crippen LogP contribution >= 0.6 is 0 Å². The lowest BCUT2D eigenvalue weighted by Crippen LogP contribution is -2.50. The van der Waals surface area contributed by atoms with Gasteiger partial charge < -0.3 is 0 Å². The highest BCUT2D eigenvalue weighted by Crippen LogP contribution is 2.54. The number of fused-ring (bicyclic) bond motifs is 1. The minimum Gasteiger partial charge on any atom is -0.298 e. The van der Waals surface area contributed by atoms with Crippen LogP contribution in [0.4, 0.5) is 13.2 Å². The van der Waals surface area contributed by atoms with Gasteiger partial charge >= 0.3 is 6.18 Å². The van der Waals surface area contributed by atoms with E-state index in [9.17, 15) is 22.8 Å². The maximum atomic E-state index is 13.1. The Kier molecular flexibility index (Phi) is 2.44. The number of carbonyl (C=O) groups is 2. The van der Waals surface area contributed by atoms with Gasteiger partial charge in [-0.1, -0.05) is 0 Å². The van der Waals surface area contributed by atoms with Gasteiger partial charge in [-0.3, -0.25) is 9.59 Å². The summed E-state index contributed by atoms with van der Waals surface area (Å²) in [6, 6.07) is 0. The molecule has 0 aromatic rings. The smallest absolute Gasteiger partial charge is 0.298 e. The Hall–Kier alpha value is -1.13. The molecule has 0 bridgehead atoms. The number of allylic oxidation sites excluding steroid dienone is 2. The Bertz CT molecular complexity index is 381. The van der Waals surface area contributed by atoms with E-state index in [0.29, 0.717) is 6.42 Å². The molecule has 0 radical (unpaired) electrons. The van der Waals surface area contributed by atoms with Crippen LogP contribution in [-0.4, -0.2) is 17.7 Å². The van der Waals surface area contributed by atoms with E-state index in [4.69, 9.17) is 0 Å². The predicted molar refractivity (Wildman–Crippen MR) is 49.7 cm³/mol. The fourth-order valence-corrected chi connectivity index (χ4v) is 2.60. The first-order chi connectivity index (χ1) is 7.38. The summed E-state index contributed by atoms with van der Waals surface area (Å²) in [6.45, 7) is 0. The molecule has 1 unspecified atom stereocenters. The van der Waals surface area contributed by atoms with Gasteiger partial charge in [-0.05, 0) is 30.9 Å². The minimum atomic E-state index is -4.57. The Labute approximate surface area is 90.5 Å². The van der Waals surface area contributed by atoms with Gasteiger partial charge in [-0.2, -0.15) is 13.2 Å². The van der Waals surface area contributed by atoms with Gasteiger partial charge in [0.1, 0.15) is 5.41 Å². The van der Waals surface area contributed by atoms with Crippen LogP contribution in [0.3, 0.4) is 0 Å². The fourth-order valence-electron chi connectivity index (χ4n) is 2.60. The Morgan fingerprint density at radius 2 is 1.81 bits per heavy atom. The zero-order valence-electron chi connectivity index (χ0n) is 8.56. The molecule has 2 nitrogen and oxygen atoms in total. The Balaban J connectivity index is 2.54. The molecule has 0 aromatic carbocycles. The molecule has 0 aromatic heterocycles. The van der Waals surface area contributed by atoms with Crippen molar-refractivity contribution in [2.45, 2.75) is 38.3 Å². The molecule has 0 heterocycles. The average molecular weight is 232 g/mol. The van der Waals surface area contributed by atoms with Crippen molar-refractivity contribution in [1.82, 2.24) is 0 Å². The van der Waals surface area contributed by atoms with Crippen LogP contribution in [-0.2, 0) is 9.59 Å². The van der Waals surface area contributed by atoms with E-state index in [2.05, 4.69) is 0 Å². The molecular formula is C11H11F3O2. The SMILES string of the molecule is O=C1C=C2CCCC(=O)C2(C(F)(F)F)CC1. The van der Waals surface area contributed by atoms with E-state index >= 15 is 0 Å². The predicted octanol–water partition coefficient (Wildman–Crippen LogP) is 2.58. The summed E-state index contributed by atoms with van der Waals surface area (Å²) in [5, 5.41) is 0. The van der Waals surface area contributed by atoms with Crippen molar-refractivity contribution in [2.24, 2.45) is 5.41 Å². The average Bonchev–Trinajstić information content (AvgIpc) is 2.15. The minimum absolute atomic E-state index is 0.0208. The maximum Gasteiger partial charge on any atom is 0.404 e. The van der Waals surface area contributed by atoms with Gasteiger partial charge in [0.05, 0.1) is 0 Å². The van der Waals surface area contributed by atoms with E-state index in [1.165, 1.54) is 0 Å². The van der Waals surface area contributed by atoms with Crippen molar-refractivity contribution in [2.75, 3.05) is 0 Å². The summed E-state index contributed by atoms with van der Waals surface area (Å²) in [6.07, 6.45) is -3.54. The topological polar surface area (TPSA) is 34.1 Å². The summed E-state index contributed by atoms with van der Waals surface area (Å²) < 4.78 is 39.2. The van der Waals surface area contributed by atoms with Crippen LogP contribution < -0.4 is 0 Å². The fraction of sp³-hybridized carbons (Fsp3) is 0.636. The Morgan fingerprint density at radius 1 is 1.12 bits per heavy atom. The van der Waals surface area contributed by atoms with Crippen molar-refractivity contribution in [3.8, 4) is 0 Å². The van der Waals surface area contributed by atoms with E-state index in [-0.39, 0.29) is 30.6 Å². The van der Waals surface area contributed by atoms with Crippen LogP contribution in [0.15, 0.2) is 11.6 Å². The van der Waals surface area contributed by atoms with Gasteiger partial charge in [0.15, 0.2) is 11.6 Å². The zero-order valence-corrected chi connectivity index (χ0v) is 8.56. The third-order valence-corrected chi connectivity index (χ3v) is 3.44. The lowest BCUT2D eigenvalue weighted by Gasteiger charge is -2.41. The summed E-state index contributed by atoms with van der Waals surface area (Å²) >= 11 is 0. The van der Waals surface area contributed by atoms with Crippen LogP contribution in [0.1, 0.15) is 32.1 Å². The first-order valence-corrected chi connectivity index (χ1v) is 5.22. The summed E-state index contributed by atoms with van der Waals surface area (Å²) in [4.78, 5) is 22.8. The number of ketones is 2. The lowest BCUT2D eigenvalue weighted by atomic mass is 9.63. The van der Waals surface area contributed by atoms with Crippen LogP contribution in [0.25, 0.3) is 0 Å². The van der Waals surface area contributed by atoms with Gasteiger partial charge in [0.2, 0.25) is 0 Å². The van der Waals surface area contributed by atoms with Gasteiger partial charge in [0, 0.05) is 12.8 Å². The van der Waals surface area contributed by atoms with Crippen molar-refractivity contribution in [3.05, 3.63) is 11.6 Å². The van der Waals surface area contributed by atoms with Gasteiger partial charge in [0.25, 0.3) is 0 Å². The molecule has 2 aliphatic rings. The second-order valence-corrected chi connectivity index (χ2v) is 4.32. The number of Topliss-reactive ketones (excluding diaryl/α,β-unsaturated/α-hetero) is 1. The molecule has 1 atom stereocenters. The molecule has 0 amide bonds. The second kappa shape index (κ2) is 3.43. The van der Waals surface area contributed by atoms with E-state index in [1.807, 2.05) is 0 Å². The molecule has 2 rings (SSSR count). The standard InChI is InChI=1S/C11H11F3O2/c12-11(13,14)10-5-4-8(15)6-7(10)2-1-3-9(10)16/h6H,1-5H2. The number of carbonyl (C=O) groups excluding carboxylic acids is 2. The molecule has 1 saturated carbocycles. The monoisotopic (exact) mass is 232 g/mol. The first kappa shape index (κ1) is 11.4. The maximum absolute atomic E-state index is 13.1. The highest BCUT2D eigenvalue weighted by molar-refractivity contribution is 5.98. The third-order valence-electron chi connectivity index (χ3n) is 3.44. The summed E-state index contributed by atoms with van der Waals surface area (Å²) in [5.74, 6) is -1.07. The molecule has 0 N–H and O–H groups in total. The largest absolute Gasteiger partial charge is 0.404 e. The summed E-state index contributed by atoms with van der Waals surface area (Å²) in [7, 11) is 0. The number of alkyl halides is 3. The van der Waals surface area contributed by atoms with Gasteiger partial charge in [-0.15, -0.1) is 0 Å². The van der Waals surface area contributed by atoms with Crippen LogP contribution in [0, 0.1) is 5.41 Å². The van der Waals surface area contributed by atoms with E-state index in [0.717, 1.165) is 6.08 Å². The second-order valence-electron chi connectivity index (χ2n) is 4.32. The zero-order chi connectivity index (χ0) is 12.0. The lowest BCUT2D eigenvalue weighted by molar-refractivity contribution is -0.214. The highest BCUT2D eigenvalue weighted by atomic mass is 19.4. The third kappa shape index (κ3) is 1.41. The highest BCUT2D eigenvalue weighted by Gasteiger charge is 2.63. The molecule has 0 aliphatic heterocycles. The number of hydrogen-bond acceptors (Lipinski definition) is 2. The number of hydrogen-bond donors (Lipinski definition) is 0. The molecule has 0 spiro atoms. The van der Waals surface area contributed by atoms with Crippen molar-refractivity contribution in [1.29, 1.82) is 0 Å².